The van der Waals surface area contributed by atoms with E-state index >= 15 is 0 Å². The fourth-order valence-corrected chi connectivity index (χ4v) is 4.04. The van der Waals surface area contributed by atoms with Crippen LogP contribution in [0.3, 0.4) is 0 Å². The third-order valence-corrected chi connectivity index (χ3v) is 4.86. The molecule has 0 aromatic carbocycles. The van der Waals surface area contributed by atoms with Crippen LogP contribution in [-0.4, -0.2) is 46.8 Å². The van der Waals surface area contributed by atoms with Crippen molar-refractivity contribution < 1.29 is 14.6 Å². The van der Waals surface area contributed by atoms with Crippen molar-refractivity contribution in [2.45, 2.75) is 62.6 Å². The van der Waals surface area contributed by atoms with Gasteiger partial charge >= 0.3 is 5.97 Å². The highest BCUT2D eigenvalue weighted by Gasteiger charge is 2.52. The summed E-state index contributed by atoms with van der Waals surface area (Å²) in [6.45, 7) is 1.50. The molecule has 1 aliphatic heterocycles. The first-order chi connectivity index (χ1) is 8.24. The molecule has 3 rings (SSSR count). The molecule has 2 unspecified atom stereocenters. The molecule has 0 bridgehead atoms. The van der Waals surface area contributed by atoms with Gasteiger partial charge in [-0.3, -0.25) is 9.69 Å². The van der Waals surface area contributed by atoms with Crippen molar-refractivity contribution in [2.24, 2.45) is 0 Å². The Hall–Kier alpha value is -0.610. The lowest BCUT2D eigenvalue weighted by atomic mass is 9.91. The van der Waals surface area contributed by atoms with Crippen LogP contribution >= 0.6 is 0 Å². The summed E-state index contributed by atoms with van der Waals surface area (Å²) >= 11 is 0. The maximum atomic E-state index is 11.7. The molecule has 1 saturated heterocycles. The number of morpholine rings is 1. The molecule has 1 heterocycles. The van der Waals surface area contributed by atoms with Crippen LogP contribution in [0.2, 0.25) is 0 Å². The topological polar surface area (TPSA) is 49.8 Å². The lowest BCUT2D eigenvalue weighted by molar-refractivity contribution is -0.162. The quantitative estimate of drug-likeness (QED) is 0.796. The SMILES string of the molecule is O=C(O)C1(N2CCOC3CCCC32)CCCC1. The maximum absolute atomic E-state index is 11.7. The minimum absolute atomic E-state index is 0.292. The summed E-state index contributed by atoms with van der Waals surface area (Å²) in [6, 6.07) is 0.359. The molecule has 3 fully saturated rings. The minimum atomic E-state index is -0.609. The predicted molar refractivity (Wildman–Crippen MR) is 62.9 cm³/mol. The van der Waals surface area contributed by atoms with Crippen LogP contribution in [0.4, 0.5) is 0 Å². The number of hydrogen-bond acceptors (Lipinski definition) is 3. The molecule has 0 amide bonds. The highest BCUT2D eigenvalue weighted by atomic mass is 16.5. The smallest absolute Gasteiger partial charge is 0.324 e. The van der Waals surface area contributed by atoms with Gasteiger partial charge in [-0.2, -0.15) is 0 Å². The zero-order chi connectivity index (χ0) is 11.9. The number of aliphatic carboxylic acids is 1. The Morgan fingerprint density at radius 2 is 2.00 bits per heavy atom. The van der Waals surface area contributed by atoms with E-state index in [-0.39, 0.29) is 0 Å². The first-order valence-electron chi connectivity index (χ1n) is 6.86. The summed E-state index contributed by atoms with van der Waals surface area (Å²) in [5.41, 5.74) is -0.572. The van der Waals surface area contributed by atoms with E-state index in [1.54, 1.807) is 0 Å². The maximum Gasteiger partial charge on any atom is 0.324 e. The number of carboxylic acid groups (broad SMARTS) is 1. The van der Waals surface area contributed by atoms with Crippen molar-refractivity contribution in [2.75, 3.05) is 13.2 Å². The van der Waals surface area contributed by atoms with Crippen LogP contribution in [0.15, 0.2) is 0 Å². The number of hydrogen-bond donors (Lipinski definition) is 1. The second-order valence-electron chi connectivity index (χ2n) is 5.64. The summed E-state index contributed by atoms with van der Waals surface area (Å²) in [5, 5.41) is 9.65. The number of rotatable bonds is 2. The molecule has 2 aliphatic carbocycles. The van der Waals surface area contributed by atoms with Crippen LogP contribution in [0.1, 0.15) is 44.9 Å². The first kappa shape index (κ1) is 11.5. The molecule has 4 nitrogen and oxygen atoms in total. The van der Waals surface area contributed by atoms with Gasteiger partial charge < -0.3 is 9.84 Å². The molecule has 2 saturated carbocycles. The number of nitrogens with zero attached hydrogens (tertiary/aromatic N) is 1. The summed E-state index contributed by atoms with van der Waals surface area (Å²) in [6.07, 6.45) is 7.46. The Kier molecular flexibility index (Phi) is 2.87. The van der Waals surface area contributed by atoms with E-state index in [0.29, 0.717) is 18.8 Å². The Morgan fingerprint density at radius 1 is 1.24 bits per heavy atom. The van der Waals surface area contributed by atoms with Gasteiger partial charge in [0.25, 0.3) is 0 Å². The summed E-state index contributed by atoms with van der Waals surface area (Å²) in [7, 11) is 0. The third-order valence-electron chi connectivity index (χ3n) is 4.86. The zero-order valence-electron chi connectivity index (χ0n) is 10.2. The van der Waals surface area contributed by atoms with Crippen LogP contribution in [0.25, 0.3) is 0 Å². The van der Waals surface area contributed by atoms with Crippen molar-refractivity contribution in [1.82, 2.24) is 4.90 Å². The molecule has 4 heteroatoms. The number of ether oxygens (including phenoxy) is 1. The molecular formula is C13H21NO3. The van der Waals surface area contributed by atoms with Crippen molar-refractivity contribution >= 4 is 5.97 Å². The lowest BCUT2D eigenvalue weighted by Gasteiger charge is -2.46. The van der Waals surface area contributed by atoms with Crippen molar-refractivity contribution in [1.29, 1.82) is 0 Å². The molecule has 17 heavy (non-hydrogen) atoms. The Balaban J connectivity index is 1.87. The van der Waals surface area contributed by atoms with E-state index < -0.39 is 11.5 Å². The molecule has 96 valence electrons. The molecule has 1 N–H and O–H groups in total. The van der Waals surface area contributed by atoms with Crippen molar-refractivity contribution in [3.63, 3.8) is 0 Å². The molecule has 0 aromatic rings. The zero-order valence-corrected chi connectivity index (χ0v) is 10.2. The molecule has 0 aromatic heterocycles. The Bertz CT molecular complexity index is 312. The average Bonchev–Trinajstić information content (AvgIpc) is 2.98. The van der Waals surface area contributed by atoms with Crippen molar-refractivity contribution in [3.05, 3.63) is 0 Å². The van der Waals surface area contributed by atoms with Gasteiger partial charge in [0.1, 0.15) is 5.54 Å². The first-order valence-corrected chi connectivity index (χ1v) is 6.86. The van der Waals surface area contributed by atoms with E-state index in [0.717, 1.165) is 45.1 Å². The van der Waals surface area contributed by atoms with E-state index in [1.165, 1.54) is 6.42 Å². The van der Waals surface area contributed by atoms with Gasteiger partial charge in [-0.15, -0.1) is 0 Å². The van der Waals surface area contributed by atoms with Gasteiger partial charge in [0, 0.05) is 12.6 Å². The molecule has 3 aliphatic rings. The fourth-order valence-electron chi connectivity index (χ4n) is 4.04. The largest absolute Gasteiger partial charge is 0.480 e. The van der Waals surface area contributed by atoms with Crippen LogP contribution in [-0.2, 0) is 9.53 Å². The predicted octanol–water partition coefficient (Wildman–Crippen LogP) is 1.64. The normalized spacial score (nSPS) is 36.9. The van der Waals surface area contributed by atoms with Gasteiger partial charge in [-0.25, -0.2) is 0 Å². The molecular weight excluding hydrogens is 218 g/mol. The van der Waals surface area contributed by atoms with Crippen LogP contribution < -0.4 is 0 Å². The standard InChI is InChI=1S/C13H21NO3/c15-12(16)13(6-1-2-7-13)14-8-9-17-11-5-3-4-10(11)14/h10-11H,1-9H2,(H,15,16). The van der Waals surface area contributed by atoms with E-state index in [4.69, 9.17) is 4.74 Å². The summed E-state index contributed by atoms with van der Waals surface area (Å²) in [4.78, 5) is 14.0. The fraction of sp³-hybridized carbons (Fsp3) is 0.923. The Morgan fingerprint density at radius 3 is 2.71 bits per heavy atom. The number of carbonyl (C=O) groups is 1. The second kappa shape index (κ2) is 4.25. The molecule has 0 radical (unpaired) electrons. The highest BCUT2D eigenvalue weighted by molar-refractivity contribution is 5.79. The number of fused-ring (bicyclic) bond motifs is 1. The minimum Gasteiger partial charge on any atom is -0.480 e. The third kappa shape index (κ3) is 1.69. The van der Waals surface area contributed by atoms with E-state index in [2.05, 4.69) is 4.90 Å². The van der Waals surface area contributed by atoms with Gasteiger partial charge in [0.15, 0.2) is 0 Å². The summed E-state index contributed by atoms with van der Waals surface area (Å²) < 4.78 is 5.78. The van der Waals surface area contributed by atoms with Gasteiger partial charge in [0.2, 0.25) is 0 Å². The van der Waals surface area contributed by atoms with E-state index in [9.17, 15) is 9.90 Å². The Labute approximate surface area is 102 Å². The van der Waals surface area contributed by atoms with Crippen LogP contribution in [0, 0.1) is 0 Å². The number of carboxylic acids is 1. The lowest BCUT2D eigenvalue weighted by Crippen LogP contribution is -2.62. The van der Waals surface area contributed by atoms with Gasteiger partial charge in [0.05, 0.1) is 12.7 Å². The summed E-state index contributed by atoms with van der Waals surface area (Å²) in [5.74, 6) is -0.609. The van der Waals surface area contributed by atoms with Crippen molar-refractivity contribution in [3.8, 4) is 0 Å². The highest BCUT2D eigenvalue weighted by Crippen LogP contribution is 2.42. The van der Waals surface area contributed by atoms with Gasteiger partial charge in [-0.05, 0) is 32.1 Å². The van der Waals surface area contributed by atoms with Gasteiger partial charge in [-0.1, -0.05) is 12.8 Å². The monoisotopic (exact) mass is 239 g/mol. The second-order valence-corrected chi connectivity index (χ2v) is 5.64. The average molecular weight is 239 g/mol. The van der Waals surface area contributed by atoms with E-state index in [1.807, 2.05) is 0 Å². The molecule has 2 atom stereocenters. The molecule has 0 spiro atoms. The van der Waals surface area contributed by atoms with Crippen LogP contribution in [0.5, 0.6) is 0 Å².